The molecule has 0 spiro atoms. The first-order valence-electron chi connectivity index (χ1n) is 7.35. The van der Waals surface area contributed by atoms with E-state index in [1.807, 2.05) is 29.0 Å². The van der Waals surface area contributed by atoms with Crippen molar-refractivity contribution >= 4 is 34.7 Å². The predicted molar refractivity (Wildman–Crippen MR) is 94.7 cm³/mol. The van der Waals surface area contributed by atoms with Gasteiger partial charge in [-0.2, -0.15) is 11.3 Å². The summed E-state index contributed by atoms with van der Waals surface area (Å²) >= 11 is 1.50. The van der Waals surface area contributed by atoms with E-state index in [1.54, 1.807) is 18.3 Å². The molecule has 0 aromatic carbocycles. The number of anilines is 3. The van der Waals surface area contributed by atoms with E-state index in [2.05, 4.69) is 30.9 Å². The maximum absolute atomic E-state index is 11.8. The molecule has 7 nitrogen and oxygen atoms in total. The zero-order chi connectivity index (χ0) is 16.6. The molecule has 0 unspecified atom stereocenters. The van der Waals surface area contributed by atoms with Gasteiger partial charge < -0.3 is 16.0 Å². The largest absolute Gasteiger partial charge is 0.368 e. The summed E-state index contributed by atoms with van der Waals surface area (Å²) in [6, 6.07) is 9.19. The molecule has 3 N–H and O–H groups in total. The number of rotatable bonds is 7. The van der Waals surface area contributed by atoms with Gasteiger partial charge in [-0.25, -0.2) is 15.0 Å². The maximum atomic E-state index is 11.8. The van der Waals surface area contributed by atoms with Crippen molar-refractivity contribution in [1.82, 2.24) is 20.3 Å². The molecule has 3 aromatic rings. The molecule has 0 radical (unpaired) electrons. The van der Waals surface area contributed by atoms with Crippen LogP contribution < -0.4 is 16.0 Å². The minimum Gasteiger partial charge on any atom is -0.368 e. The van der Waals surface area contributed by atoms with Crippen molar-refractivity contribution in [2.24, 2.45) is 0 Å². The van der Waals surface area contributed by atoms with E-state index in [4.69, 9.17) is 0 Å². The Morgan fingerprint density at radius 1 is 1.04 bits per heavy atom. The van der Waals surface area contributed by atoms with Crippen molar-refractivity contribution in [2.45, 2.75) is 0 Å². The molecule has 3 aromatic heterocycles. The van der Waals surface area contributed by atoms with Crippen molar-refractivity contribution in [3.63, 3.8) is 0 Å². The average molecular weight is 340 g/mol. The van der Waals surface area contributed by atoms with E-state index in [0.29, 0.717) is 36.1 Å². The first-order valence-corrected chi connectivity index (χ1v) is 8.30. The van der Waals surface area contributed by atoms with Crippen molar-refractivity contribution in [3.8, 4) is 0 Å². The SMILES string of the molecule is O=C(NCCNc1cc(Nc2ccccn2)ncn1)c1ccsc1. The van der Waals surface area contributed by atoms with Gasteiger partial charge >= 0.3 is 0 Å². The topological polar surface area (TPSA) is 91.8 Å². The third-order valence-electron chi connectivity index (χ3n) is 3.09. The molecule has 3 heterocycles. The van der Waals surface area contributed by atoms with Crippen molar-refractivity contribution in [3.05, 3.63) is 59.2 Å². The van der Waals surface area contributed by atoms with E-state index in [9.17, 15) is 4.79 Å². The zero-order valence-electron chi connectivity index (χ0n) is 12.8. The van der Waals surface area contributed by atoms with Crippen LogP contribution in [0.5, 0.6) is 0 Å². The van der Waals surface area contributed by atoms with Crippen molar-refractivity contribution in [2.75, 3.05) is 23.7 Å². The van der Waals surface area contributed by atoms with E-state index < -0.39 is 0 Å². The van der Waals surface area contributed by atoms with Gasteiger partial charge in [0.2, 0.25) is 0 Å². The quantitative estimate of drug-likeness (QED) is 0.573. The van der Waals surface area contributed by atoms with Crippen LogP contribution in [0.1, 0.15) is 10.4 Å². The number of hydrogen-bond donors (Lipinski definition) is 3. The lowest BCUT2D eigenvalue weighted by molar-refractivity contribution is 0.0955. The van der Waals surface area contributed by atoms with Gasteiger partial charge in [0.25, 0.3) is 5.91 Å². The normalized spacial score (nSPS) is 10.2. The highest BCUT2D eigenvalue weighted by atomic mass is 32.1. The number of nitrogens with one attached hydrogen (secondary N) is 3. The summed E-state index contributed by atoms with van der Waals surface area (Å²) in [5.74, 6) is 1.96. The second-order valence-corrected chi connectivity index (χ2v) is 5.60. The summed E-state index contributed by atoms with van der Waals surface area (Å²) in [5.41, 5.74) is 0.684. The average Bonchev–Trinajstić information content (AvgIpc) is 3.15. The van der Waals surface area contributed by atoms with Gasteiger partial charge in [0.15, 0.2) is 0 Å². The molecule has 0 aliphatic carbocycles. The molecular formula is C16H16N6OS. The smallest absolute Gasteiger partial charge is 0.252 e. The van der Waals surface area contributed by atoms with Crippen LogP contribution in [-0.4, -0.2) is 33.9 Å². The Morgan fingerprint density at radius 3 is 2.75 bits per heavy atom. The highest BCUT2D eigenvalue weighted by Crippen LogP contribution is 2.13. The zero-order valence-corrected chi connectivity index (χ0v) is 13.6. The van der Waals surface area contributed by atoms with E-state index >= 15 is 0 Å². The van der Waals surface area contributed by atoms with E-state index in [-0.39, 0.29) is 5.91 Å². The number of thiophene rings is 1. The molecule has 1 amide bonds. The lowest BCUT2D eigenvalue weighted by atomic mass is 10.3. The lowest BCUT2D eigenvalue weighted by Gasteiger charge is -2.08. The lowest BCUT2D eigenvalue weighted by Crippen LogP contribution is -2.28. The molecule has 0 atom stereocenters. The van der Waals surface area contributed by atoms with Crippen LogP contribution in [-0.2, 0) is 0 Å². The van der Waals surface area contributed by atoms with Gasteiger partial charge in [-0.3, -0.25) is 4.79 Å². The third-order valence-corrected chi connectivity index (χ3v) is 3.77. The van der Waals surface area contributed by atoms with Gasteiger partial charge in [-0.1, -0.05) is 6.07 Å². The fraction of sp³-hybridized carbons (Fsp3) is 0.125. The Bertz CT molecular complexity index is 778. The summed E-state index contributed by atoms with van der Waals surface area (Å²) in [6.07, 6.45) is 3.18. The number of aromatic nitrogens is 3. The molecule has 0 aliphatic rings. The van der Waals surface area contributed by atoms with Crippen LogP contribution >= 0.6 is 11.3 Å². The Labute approximate surface area is 143 Å². The second kappa shape index (κ2) is 8.02. The minimum absolute atomic E-state index is 0.0711. The highest BCUT2D eigenvalue weighted by molar-refractivity contribution is 7.08. The second-order valence-electron chi connectivity index (χ2n) is 4.82. The summed E-state index contributed by atoms with van der Waals surface area (Å²) < 4.78 is 0. The molecule has 0 aliphatic heterocycles. The Hall–Kier alpha value is -3.00. The highest BCUT2D eigenvalue weighted by Gasteiger charge is 2.04. The van der Waals surface area contributed by atoms with Crippen LogP contribution in [0.25, 0.3) is 0 Å². The van der Waals surface area contributed by atoms with Crippen LogP contribution in [0.4, 0.5) is 17.5 Å². The number of pyridine rings is 1. The first kappa shape index (κ1) is 15.9. The summed E-state index contributed by atoms with van der Waals surface area (Å²) in [7, 11) is 0. The number of hydrogen-bond acceptors (Lipinski definition) is 7. The van der Waals surface area contributed by atoms with Crippen LogP contribution in [0.15, 0.2) is 53.6 Å². The van der Waals surface area contributed by atoms with E-state index in [1.165, 1.54) is 17.7 Å². The Morgan fingerprint density at radius 2 is 1.96 bits per heavy atom. The maximum Gasteiger partial charge on any atom is 0.252 e. The molecule has 8 heteroatoms. The molecule has 3 rings (SSSR count). The number of nitrogens with zero attached hydrogens (tertiary/aromatic N) is 3. The molecule has 24 heavy (non-hydrogen) atoms. The molecule has 0 saturated heterocycles. The molecule has 0 saturated carbocycles. The Kier molecular flexibility index (Phi) is 5.31. The van der Waals surface area contributed by atoms with Gasteiger partial charge in [-0.15, -0.1) is 0 Å². The summed E-state index contributed by atoms with van der Waals surface area (Å²) in [6.45, 7) is 1.07. The third kappa shape index (κ3) is 4.50. The van der Waals surface area contributed by atoms with Crippen LogP contribution in [0.3, 0.4) is 0 Å². The van der Waals surface area contributed by atoms with Gasteiger partial charge in [0.1, 0.15) is 23.8 Å². The predicted octanol–water partition coefficient (Wildman–Crippen LogP) is 2.52. The molecular weight excluding hydrogens is 324 g/mol. The van der Waals surface area contributed by atoms with Crippen LogP contribution in [0, 0.1) is 0 Å². The molecule has 0 fully saturated rings. The number of carbonyl (C=O) groups excluding carboxylic acids is 1. The van der Waals surface area contributed by atoms with Gasteiger partial charge in [0.05, 0.1) is 0 Å². The number of carbonyl (C=O) groups is 1. The van der Waals surface area contributed by atoms with Crippen molar-refractivity contribution < 1.29 is 4.79 Å². The Balaban J connectivity index is 1.47. The fourth-order valence-electron chi connectivity index (χ4n) is 1.95. The minimum atomic E-state index is -0.0711. The van der Waals surface area contributed by atoms with Gasteiger partial charge in [-0.05, 0) is 23.6 Å². The standard InChI is InChI=1S/C16H16N6OS/c23-16(12-4-8-24-10-12)19-7-6-18-14-9-15(21-11-20-14)22-13-3-1-2-5-17-13/h1-5,8-11H,6-7H2,(H,19,23)(H2,17,18,20,21,22). The van der Waals surface area contributed by atoms with Crippen LogP contribution in [0.2, 0.25) is 0 Å². The molecule has 0 bridgehead atoms. The number of amides is 1. The van der Waals surface area contributed by atoms with E-state index in [0.717, 1.165) is 0 Å². The molecule has 122 valence electrons. The summed E-state index contributed by atoms with van der Waals surface area (Å²) in [4.78, 5) is 24.3. The fourth-order valence-corrected chi connectivity index (χ4v) is 2.59. The monoisotopic (exact) mass is 340 g/mol. The summed E-state index contributed by atoms with van der Waals surface area (Å²) in [5, 5.41) is 12.8. The van der Waals surface area contributed by atoms with Gasteiger partial charge in [0, 0.05) is 36.3 Å². The first-order chi connectivity index (χ1) is 11.8. The van der Waals surface area contributed by atoms with Crippen molar-refractivity contribution in [1.29, 1.82) is 0 Å².